The summed E-state index contributed by atoms with van der Waals surface area (Å²) in [6.07, 6.45) is 0. The molecule has 0 spiro atoms. The summed E-state index contributed by atoms with van der Waals surface area (Å²) < 4.78 is 0. The molecule has 0 aliphatic carbocycles. The Balaban J connectivity index is 0.000000310. The van der Waals surface area contributed by atoms with Gasteiger partial charge in [-0.1, -0.05) is 30.3 Å². The zero-order chi connectivity index (χ0) is 10.3. The van der Waals surface area contributed by atoms with E-state index < -0.39 is 19.8 Å². The third kappa shape index (κ3) is 8.56. The molecule has 72 valence electrons. The molecule has 0 radical (unpaired) electrons. The molecule has 0 aliphatic rings. The van der Waals surface area contributed by atoms with E-state index in [1.807, 2.05) is 0 Å². The maximum atomic E-state index is 2.36. The van der Waals surface area contributed by atoms with Gasteiger partial charge in [0.05, 0.1) is 0 Å². The Morgan fingerprint density at radius 2 is 1.31 bits per heavy atom. The van der Waals surface area contributed by atoms with Crippen LogP contribution in [0.1, 0.15) is 0 Å². The summed E-state index contributed by atoms with van der Waals surface area (Å²) in [5, 5.41) is 1.52. The van der Waals surface area contributed by atoms with Crippen molar-refractivity contribution >= 4 is 33.7 Å². The quantitative estimate of drug-likeness (QED) is 0.699. The van der Waals surface area contributed by atoms with Crippen LogP contribution in [0.2, 0.25) is 27.9 Å². The van der Waals surface area contributed by atoms with Crippen molar-refractivity contribution in [1.29, 1.82) is 0 Å². The van der Waals surface area contributed by atoms with Crippen molar-refractivity contribution in [3.8, 4) is 0 Å². The van der Waals surface area contributed by atoms with Gasteiger partial charge in [-0.2, -0.15) is 18.3 Å². The molecule has 0 amide bonds. The van der Waals surface area contributed by atoms with E-state index in [1.54, 1.807) is 0 Å². The van der Waals surface area contributed by atoms with Gasteiger partial charge in [0.25, 0.3) is 0 Å². The minimum absolute atomic E-state index is 0.212. The first-order valence-electron chi connectivity index (χ1n) is 4.66. The summed E-state index contributed by atoms with van der Waals surface area (Å²) in [5.41, 5.74) is 0. The van der Waals surface area contributed by atoms with E-state index in [0.29, 0.717) is 0 Å². The third-order valence-corrected chi connectivity index (χ3v) is 2.84. The van der Waals surface area contributed by atoms with Gasteiger partial charge in [0.2, 0.25) is 0 Å². The summed E-state index contributed by atoms with van der Waals surface area (Å²) in [6, 6.07) is 10.7. The van der Waals surface area contributed by atoms with Crippen LogP contribution in [0.3, 0.4) is 0 Å². The Bertz CT molecular complexity index is 204. The number of benzene rings is 1. The molecule has 0 aromatic heterocycles. The predicted molar refractivity (Wildman–Crippen MR) is 66.9 cm³/mol. The molecule has 0 atom stereocenters. The first-order valence-corrected chi connectivity index (χ1v) is 15.7. The zero-order valence-corrected chi connectivity index (χ0v) is 13.2. The van der Waals surface area contributed by atoms with Gasteiger partial charge in [-0.05, 0) is 0 Å². The Kier molecular flexibility index (Phi) is 7.76. The van der Waals surface area contributed by atoms with Crippen molar-refractivity contribution in [1.82, 2.24) is 0 Å². The van der Waals surface area contributed by atoms with Gasteiger partial charge in [-0.15, -0.1) is 0 Å². The molecular formula is C11H20SiSn. The van der Waals surface area contributed by atoms with Crippen molar-refractivity contribution in [3.05, 3.63) is 30.3 Å². The second kappa shape index (κ2) is 7.62. The summed E-state index contributed by atoms with van der Waals surface area (Å²) in [4.78, 5) is 7.09. The van der Waals surface area contributed by atoms with Crippen molar-refractivity contribution in [2.45, 2.75) is 27.9 Å². The standard InChI is InChI=1S/C8H11Si.3CH3.Sn/c1-9(2)8-6-4-3-5-7-8;;;;/h3-7H,1-2H3;3*1H3;/q-1;;;;+1. The molecule has 0 saturated carbocycles. The molecule has 0 heterocycles. The van der Waals surface area contributed by atoms with Gasteiger partial charge in [-0.25, -0.2) is 0 Å². The number of rotatable bonds is 1. The second-order valence-corrected chi connectivity index (χ2v) is 15.0. The fraction of sp³-hybridized carbons (Fsp3) is 0.455. The van der Waals surface area contributed by atoms with E-state index in [4.69, 9.17) is 0 Å². The molecule has 0 unspecified atom stereocenters. The van der Waals surface area contributed by atoms with E-state index >= 15 is 0 Å². The summed E-state index contributed by atoms with van der Waals surface area (Å²) in [6.45, 7) is 4.61. The molecule has 0 fully saturated rings. The average molecular weight is 299 g/mol. The Hall–Kier alpha value is 0.236. The van der Waals surface area contributed by atoms with Crippen LogP contribution in [0, 0.1) is 0 Å². The molecule has 0 bridgehead atoms. The van der Waals surface area contributed by atoms with Crippen LogP contribution < -0.4 is 5.19 Å². The van der Waals surface area contributed by atoms with Crippen LogP contribution in [0.15, 0.2) is 30.3 Å². The maximum absolute atomic E-state index is 2.36. The molecule has 2 heteroatoms. The normalized spacial score (nSPS) is 8.38. The number of hydrogen-bond donors (Lipinski definition) is 0. The third-order valence-electron chi connectivity index (χ3n) is 1.35. The van der Waals surface area contributed by atoms with E-state index in [-0.39, 0.29) is 8.80 Å². The molecule has 0 N–H and O–H groups in total. The Labute approximate surface area is 91.7 Å². The van der Waals surface area contributed by atoms with Crippen LogP contribution in [0.5, 0.6) is 0 Å². The van der Waals surface area contributed by atoms with Gasteiger partial charge in [0.1, 0.15) is 0 Å². The minimum atomic E-state index is -0.543. The fourth-order valence-electron chi connectivity index (χ4n) is 0.771. The molecule has 0 nitrogen and oxygen atoms in total. The van der Waals surface area contributed by atoms with Gasteiger partial charge in [-0.3, -0.25) is 8.80 Å². The second-order valence-electron chi connectivity index (χ2n) is 3.87. The SMILES string of the molecule is C[Si-](C)c1ccccc1.[CH3][Sn+]([CH3])[CH3]. The van der Waals surface area contributed by atoms with Gasteiger partial charge in [0, 0.05) is 0 Å². The fourth-order valence-corrected chi connectivity index (χ4v) is 1.63. The molecule has 0 saturated heterocycles. The summed E-state index contributed by atoms with van der Waals surface area (Å²) in [5.74, 6) is 0. The van der Waals surface area contributed by atoms with Crippen LogP contribution in [0.25, 0.3) is 0 Å². The molecule has 1 aromatic carbocycles. The van der Waals surface area contributed by atoms with Crippen LogP contribution in [-0.4, -0.2) is 28.6 Å². The Morgan fingerprint density at radius 3 is 1.54 bits per heavy atom. The molecule has 1 aromatic rings. The monoisotopic (exact) mass is 300 g/mol. The summed E-state index contributed by atoms with van der Waals surface area (Å²) in [7, 11) is -0.212. The van der Waals surface area contributed by atoms with Crippen molar-refractivity contribution < 1.29 is 0 Å². The van der Waals surface area contributed by atoms with Crippen LogP contribution >= 0.6 is 0 Å². The van der Waals surface area contributed by atoms with Crippen LogP contribution in [-0.2, 0) is 0 Å². The van der Waals surface area contributed by atoms with Crippen molar-refractivity contribution in [3.63, 3.8) is 0 Å². The predicted octanol–water partition coefficient (Wildman–Crippen LogP) is 3.02. The van der Waals surface area contributed by atoms with E-state index in [1.165, 1.54) is 5.19 Å². The van der Waals surface area contributed by atoms with Gasteiger partial charge in [0.15, 0.2) is 0 Å². The zero-order valence-electron chi connectivity index (χ0n) is 9.39. The molecular weight excluding hydrogens is 279 g/mol. The molecule has 0 aliphatic heterocycles. The summed E-state index contributed by atoms with van der Waals surface area (Å²) >= 11 is -0.543. The first-order chi connectivity index (χ1) is 6.04. The molecule has 1 rings (SSSR count). The average Bonchev–Trinajstić information content (AvgIpc) is 2.05. The van der Waals surface area contributed by atoms with E-state index in [9.17, 15) is 0 Å². The van der Waals surface area contributed by atoms with Gasteiger partial charge >= 0.3 is 34.6 Å². The Morgan fingerprint density at radius 1 is 0.923 bits per heavy atom. The molecule has 13 heavy (non-hydrogen) atoms. The van der Waals surface area contributed by atoms with E-state index in [2.05, 4.69) is 58.2 Å². The van der Waals surface area contributed by atoms with E-state index in [0.717, 1.165) is 0 Å². The first kappa shape index (κ1) is 13.2. The van der Waals surface area contributed by atoms with Crippen molar-refractivity contribution in [2.24, 2.45) is 0 Å². The van der Waals surface area contributed by atoms with Crippen LogP contribution in [0.4, 0.5) is 0 Å². The van der Waals surface area contributed by atoms with Gasteiger partial charge < -0.3 is 0 Å². The number of hydrogen-bond acceptors (Lipinski definition) is 0. The topological polar surface area (TPSA) is 0 Å². The van der Waals surface area contributed by atoms with Crippen molar-refractivity contribution in [2.75, 3.05) is 0 Å².